The number of fused-ring (bicyclic) bond motifs is 2. The molecule has 46 heavy (non-hydrogen) atoms. The van der Waals surface area contributed by atoms with Crippen molar-refractivity contribution >= 4 is 11.8 Å². The lowest BCUT2D eigenvalue weighted by Gasteiger charge is -2.33. The molecule has 2 aliphatic rings. The van der Waals surface area contributed by atoms with Crippen LogP contribution in [0.2, 0.25) is 0 Å². The highest BCUT2D eigenvalue weighted by molar-refractivity contribution is 5.99. The smallest absolute Gasteiger partial charge is 0.256 e. The van der Waals surface area contributed by atoms with E-state index in [-0.39, 0.29) is 36.5 Å². The number of hydrogen-bond donors (Lipinski definition) is 0. The fourth-order valence-corrected chi connectivity index (χ4v) is 6.91. The molecule has 2 amide bonds. The number of ether oxygens (including phenoxy) is 2. The summed E-state index contributed by atoms with van der Waals surface area (Å²) < 4.78 is 14.3. The fraction of sp³-hybridized carbons (Fsp3) is 0.632. The van der Waals surface area contributed by atoms with Crippen molar-refractivity contribution in [3.63, 3.8) is 0 Å². The quantitative estimate of drug-likeness (QED) is 0.128. The predicted octanol–water partition coefficient (Wildman–Crippen LogP) is 6.64. The van der Waals surface area contributed by atoms with Gasteiger partial charge >= 0.3 is 0 Å². The molecule has 2 aromatic rings. The minimum atomic E-state index is -0.280. The van der Waals surface area contributed by atoms with Gasteiger partial charge in [-0.05, 0) is 65.5 Å². The van der Waals surface area contributed by atoms with E-state index in [1.165, 1.54) is 25.7 Å². The van der Waals surface area contributed by atoms with Crippen molar-refractivity contribution in [3.8, 4) is 0 Å². The number of quaternary nitrogens is 2. The highest BCUT2D eigenvalue weighted by Crippen LogP contribution is 2.36. The summed E-state index contributed by atoms with van der Waals surface area (Å²) in [6.45, 7) is 13.9. The third-order valence-corrected chi connectivity index (χ3v) is 9.41. The maximum absolute atomic E-state index is 13.1. The van der Waals surface area contributed by atoms with Gasteiger partial charge in [0.25, 0.3) is 11.8 Å². The van der Waals surface area contributed by atoms with Crippen LogP contribution in [0.3, 0.4) is 0 Å². The molecule has 8 heteroatoms. The summed E-state index contributed by atoms with van der Waals surface area (Å²) in [5.41, 5.74) is 3.55. The highest BCUT2D eigenvalue weighted by Gasteiger charge is 2.39. The summed E-state index contributed by atoms with van der Waals surface area (Å²) in [6.07, 6.45) is 6.35. The van der Waals surface area contributed by atoms with Crippen molar-refractivity contribution in [3.05, 3.63) is 70.8 Å². The zero-order valence-corrected chi connectivity index (χ0v) is 29.8. The second kappa shape index (κ2) is 15.9. The van der Waals surface area contributed by atoms with Gasteiger partial charge in [-0.3, -0.25) is 9.59 Å². The van der Waals surface area contributed by atoms with Gasteiger partial charge in [-0.15, -0.1) is 0 Å². The van der Waals surface area contributed by atoms with E-state index in [2.05, 4.69) is 28.2 Å². The Balaban J connectivity index is 1.12. The molecule has 0 aliphatic carbocycles. The third-order valence-electron chi connectivity index (χ3n) is 9.41. The normalized spacial score (nSPS) is 18.3. The molecule has 0 radical (unpaired) electrons. The maximum atomic E-state index is 13.1. The summed E-state index contributed by atoms with van der Waals surface area (Å²) in [5.74, 6) is 0.180. The van der Waals surface area contributed by atoms with Crippen LogP contribution < -0.4 is 0 Å². The van der Waals surface area contributed by atoms with E-state index in [4.69, 9.17) is 9.47 Å². The molecule has 0 spiro atoms. The van der Waals surface area contributed by atoms with E-state index in [1.807, 2.05) is 86.0 Å². The molecule has 254 valence electrons. The largest absolute Gasteiger partial charge is 0.351 e. The van der Waals surface area contributed by atoms with E-state index in [9.17, 15) is 9.59 Å². The topological polar surface area (TPSA) is 59.1 Å². The molecule has 2 atom stereocenters. The first-order valence-corrected chi connectivity index (χ1v) is 17.5. The summed E-state index contributed by atoms with van der Waals surface area (Å²) in [4.78, 5) is 30.1. The van der Waals surface area contributed by atoms with Gasteiger partial charge in [-0.25, -0.2) is 0 Å². The van der Waals surface area contributed by atoms with Gasteiger partial charge < -0.3 is 28.2 Å². The Labute approximate surface area is 278 Å². The number of benzene rings is 2. The van der Waals surface area contributed by atoms with Crippen molar-refractivity contribution in [2.75, 3.05) is 67.5 Å². The number of amides is 2. The average molecular weight is 637 g/mol. The first kappa shape index (κ1) is 36.1. The number of carbonyl (C=O) groups excluding carboxylic acids is 2. The number of carbonyl (C=O) groups is 2. The first-order chi connectivity index (χ1) is 21.8. The Morgan fingerprint density at radius 1 is 0.565 bits per heavy atom. The maximum Gasteiger partial charge on any atom is 0.256 e. The second-order valence-corrected chi connectivity index (χ2v) is 15.1. The van der Waals surface area contributed by atoms with E-state index < -0.39 is 0 Å². The minimum absolute atomic E-state index is 0.0552. The van der Waals surface area contributed by atoms with Crippen LogP contribution in [0.4, 0.5) is 0 Å². The molecule has 2 heterocycles. The molecule has 0 saturated carbocycles. The van der Waals surface area contributed by atoms with Crippen molar-refractivity contribution in [2.24, 2.45) is 0 Å². The van der Waals surface area contributed by atoms with Gasteiger partial charge in [0.2, 0.25) is 0 Å². The van der Waals surface area contributed by atoms with E-state index in [1.54, 1.807) is 0 Å². The van der Waals surface area contributed by atoms with Crippen molar-refractivity contribution in [1.82, 2.24) is 9.80 Å². The number of unbranched alkanes of at least 4 members (excludes halogenated alkanes) is 3. The van der Waals surface area contributed by atoms with Crippen LogP contribution in [0.1, 0.15) is 111 Å². The average Bonchev–Trinajstić information content (AvgIpc) is 3.40. The molecule has 0 aromatic heterocycles. The second-order valence-electron chi connectivity index (χ2n) is 15.1. The SMILES string of the molecule is CC(C)OC1c2ccccc2C(=O)N1CCC[N+](C)(C)CCCCCC[N+](C)(C)CCCN1C(=O)c2ccccc2C1OC(C)C. The number of nitrogens with zero attached hydrogens (tertiary/aromatic N) is 4. The van der Waals surface area contributed by atoms with Gasteiger partial charge in [0.1, 0.15) is 0 Å². The summed E-state index contributed by atoms with van der Waals surface area (Å²) in [5, 5.41) is 0. The molecular formula is C38H60N4O4+2. The lowest BCUT2D eigenvalue weighted by molar-refractivity contribution is -0.891. The molecule has 2 unspecified atom stereocenters. The molecule has 2 aromatic carbocycles. The Hall–Kier alpha value is -2.78. The number of hydrogen-bond acceptors (Lipinski definition) is 4. The van der Waals surface area contributed by atoms with Gasteiger partial charge in [-0.1, -0.05) is 36.4 Å². The van der Waals surface area contributed by atoms with Gasteiger partial charge in [-0.2, -0.15) is 0 Å². The monoisotopic (exact) mass is 636 g/mol. The van der Waals surface area contributed by atoms with Crippen molar-refractivity contribution < 1.29 is 28.0 Å². The van der Waals surface area contributed by atoms with Crippen LogP contribution in [-0.2, 0) is 9.47 Å². The number of rotatable bonds is 19. The lowest BCUT2D eigenvalue weighted by Crippen LogP contribution is -2.43. The Morgan fingerprint density at radius 2 is 0.913 bits per heavy atom. The van der Waals surface area contributed by atoms with Crippen molar-refractivity contribution in [2.45, 2.75) is 90.9 Å². The Morgan fingerprint density at radius 3 is 1.28 bits per heavy atom. The van der Waals surface area contributed by atoms with E-state index in [0.717, 1.165) is 70.2 Å². The van der Waals surface area contributed by atoms with Gasteiger partial charge in [0.05, 0.1) is 66.6 Å². The zero-order valence-electron chi connectivity index (χ0n) is 29.8. The summed E-state index contributed by atoms with van der Waals surface area (Å²) in [6, 6.07) is 15.7. The minimum Gasteiger partial charge on any atom is -0.351 e. The first-order valence-electron chi connectivity index (χ1n) is 17.5. The molecule has 4 rings (SSSR count). The molecule has 2 aliphatic heterocycles. The van der Waals surface area contributed by atoms with Crippen LogP contribution in [0.15, 0.2) is 48.5 Å². The molecule has 0 N–H and O–H groups in total. The Bertz CT molecular complexity index is 1210. The molecular weight excluding hydrogens is 576 g/mol. The third kappa shape index (κ3) is 9.40. The fourth-order valence-electron chi connectivity index (χ4n) is 6.91. The van der Waals surface area contributed by atoms with E-state index >= 15 is 0 Å². The summed E-state index contributed by atoms with van der Waals surface area (Å²) >= 11 is 0. The molecule has 8 nitrogen and oxygen atoms in total. The summed E-state index contributed by atoms with van der Waals surface area (Å²) in [7, 11) is 9.23. The van der Waals surface area contributed by atoms with Gasteiger partial charge in [0, 0.05) is 48.2 Å². The van der Waals surface area contributed by atoms with Crippen LogP contribution >= 0.6 is 0 Å². The van der Waals surface area contributed by atoms with Crippen LogP contribution in [-0.4, -0.2) is 110 Å². The van der Waals surface area contributed by atoms with Crippen LogP contribution in [0.25, 0.3) is 0 Å². The van der Waals surface area contributed by atoms with Crippen molar-refractivity contribution in [1.29, 1.82) is 0 Å². The predicted molar refractivity (Wildman–Crippen MR) is 184 cm³/mol. The van der Waals surface area contributed by atoms with Crippen LogP contribution in [0, 0.1) is 0 Å². The van der Waals surface area contributed by atoms with Gasteiger partial charge in [0.15, 0.2) is 12.5 Å². The van der Waals surface area contributed by atoms with E-state index in [0.29, 0.717) is 13.1 Å². The zero-order chi connectivity index (χ0) is 33.5. The lowest BCUT2D eigenvalue weighted by atomic mass is 10.1. The molecule has 0 bridgehead atoms. The molecule has 0 saturated heterocycles. The Kier molecular flexibility index (Phi) is 12.4. The standard InChI is InChI=1S/C38H60N4O4/c1-29(2)45-37-33-21-13-11-19-31(33)35(43)39(37)23-17-27-41(5,6)25-15-9-10-16-26-42(7,8)28-18-24-40-36(44)32-20-12-14-22-34(32)38(40)46-30(3)4/h11-14,19-22,29-30,37-38H,9-10,15-18,23-28H2,1-8H3/q+2. The molecule has 0 fully saturated rings. The van der Waals surface area contributed by atoms with Crippen LogP contribution in [0.5, 0.6) is 0 Å². The highest BCUT2D eigenvalue weighted by atomic mass is 16.5.